The first kappa shape index (κ1) is 20.5. The molecule has 0 spiro atoms. The Morgan fingerprint density at radius 3 is 2.57 bits per heavy atom. The van der Waals surface area contributed by atoms with Crippen molar-refractivity contribution < 1.29 is 23.9 Å². The van der Waals surface area contributed by atoms with Gasteiger partial charge < -0.3 is 10.0 Å². The molecular formula is C20H12ClFN2O4S2. The van der Waals surface area contributed by atoms with Crippen LogP contribution >= 0.6 is 35.6 Å². The number of amides is 2. The number of anilines is 1. The van der Waals surface area contributed by atoms with Crippen LogP contribution in [0.3, 0.4) is 0 Å². The highest BCUT2D eigenvalue weighted by molar-refractivity contribution is 8.26. The van der Waals surface area contributed by atoms with Gasteiger partial charge in [-0.1, -0.05) is 59.8 Å². The minimum Gasteiger partial charge on any atom is -0.480 e. The molecule has 2 aromatic carbocycles. The molecule has 2 heterocycles. The van der Waals surface area contributed by atoms with Crippen LogP contribution in [-0.2, 0) is 20.9 Å². The van der Waals surface area contributed by atoms with Gasteiger partial charge in [-0.2, -0.15) is 0 Å². The van der Waals surface area contributed by atoms with E-state index in [-0.39, 0.29) is 26.4 Å². The van der Waals surface area contributed by atoms with Crippen LogP contribution < -0.4 is 4.90 Å². The van der Waals surface area contributed by atoms with Gasteiger partial charge in [0.25, 0.3) is 11.8 Å². The quantitative estimate of drug-likeness (QED) is 0.551. The number of nitrogens with zero attached hydrogens (tertiary/aromatic N) is 2. The number of hydrogen-bond donors (Lipinski definition) is 1. The number of hydrogen-bond acceptors (Lipinski definition) is 5. The minimum absolute atomic E-state index is 0.0773. The predicted octanol–water partition coefficient (Wildman–Crippen LogP) is 3.68. The molecular weight excluding hydrogens is 451 g/mol. The molecule has 0 aromatic heterocycles. The van der Waals surface area contributed by atoms with Crippen molar-refractivity contribution in [2.75, 3.05) is 11.4 Å². The van der Waals surface area contributed by atoms with E-state index in [1.54, 1.807) is 24.3 Å². The molecule has 2 aromatic rings. The van der Waals surface area contributed by atoms with Gasteiger partial charge in [0.05, 0.1) is 22.7 Å². The van der Waals surface area contributed by atoms with E-state index < -0.39 is 30.1 Å². The number of halogens is 2. The highest BCUT2D eigenvalue weighted by Gasteiger charge is 2.42. The van der Waals surface area contributed by atoms with Crippen molar-refractivity contribution in [2.45, 2.75) is 6.54 Å². The number of thioether (sulfide) groups is 1. The fourth-order valence-corrected chi connectivity index (χ4v) is 4.85. The summed E-state index contributed by atoms with van der Waals surface area (Å²) in [6.07, 6.45) is 0. The number of rotatable bonds is 4. The van der Waals surface area contributed by atoms with Crippen LogP contribution in [0.1, 0.15) is 11.1 Å². The Morgan fingerprint density at radius 1 is 1.13 bits per heavy atom. The van der Waals surface area contributed by atoms with Crippen LogP contribution in [0.25, 0.3) is 5.57 Å². The molecule has 1 fully saturated rings. The summed E-state index contributed by atoms with van der Waals surface area (Å²) in [7, 11) is 0. The molecule has 2 aliphatic rings. The smallest absolute Gasteiger partial charge is 0.323 e. The Labute approximate surface area is 184 Å². The number of carbonyl (C=O) groups is 3. The largest absolute Gasteiger partial charge is 0.480 e. The average molecular weight is 463 g/mol. The molecule has 30 heavy (non-hydrogen) atoms. The van der Waals surface area contributed by atoms with Crippen LogP contribution in [0, 0.1) is 5.82 Å². The molecule has 2 amide bonds. The van der Waals surface area contributed by atoms with Crippen LogP contribution in [-0.4, -0.2) is 38.7 Å². The number of carbonyl (C=O) groups excluding carboxylic acids is 2. The van der Waals surface area contributed by atoms with Gasteiger partial charge in [0.1, 0.15) is 16.7 Å². The van der Waals surface area contributed by atoms with E-state index in [1.807, 2.05) is 0 Å². The molecule has 1 N–H and O–H groups in total. The Kier molecular flexibility index (Phi) is 5.35. The lowest BCUT2D eigenvalue weighted by Gasteiger charge is -2.18. The first-order chi connectivity index (χ1) is 14.3. The van der Waals surface area contributed by atoms with Gasteiger partial charge in [-0.25, -0.2) is 4.39 Å². The van der Waals surface area contributed by atoms with Gasteiger partial charge in [-0.05, 0) is 23.8 Å². The fourth-order valence-electron chi connectivity index (χ4n) is 3.30. The fraction of sp³-hybridized carbons (Fsp3) is 0.100. The zero-order valence-electron chi connectivity index (χ0n) is 15.1. The Bertz CT molecular complexity index is 1170. The molecule has 0 bridgehead atoms. The van der Waals surface area contributed by atoms with Crippen LogP contribution in [0.5, 0.6) is 0 Å². The molecule has 0 atom stereocenters. The number of para-hydroxylation sites is 1. The molecule has 10 heteroatoms. The third-order valence-corrected chi connectivity index (χ3v) is 6.44. The highest BCUT2D eigenvalue weighted by atomic mass is 35.5. The van der Waals surface area contributed by atoms with E-state index in [1.165, 1.54) is 23.1 Å². The summed E-state index contributed by atoms with van der Waals surface area (Å²) >= 11 is 12.2. The number of fused-ring (bicyclic) bond motifs is 1. The number of carboxylic acids is 1. The van der Waals surface area contributed by atoms with Crippen molar-refractivity contribution in [3.8, 4) is 0 Å². The minimum atomic E-state index is -1.21. The van der Waals surface area contributed by atoms with Crippen molar-refractivity contribution >= 4 is 68.9 Å². The van der Waals surface area contributed by atoms with Gasteiger partial charge >= 0.3 is 5.97 Å². The second-order valence-corrected chi connectivity index (χ2v) is 8.55. The summed E-state index contributed by atoms with van der Waals surface area (Å²) < 4.78 is 13.5. The molecule has 6 nitrogen and oxygen atoms in total. The first-order valence-corrected chi connectivity index (χ1v) is 10.2. The van der Waals surface area contributed by atoms with Crippen molar-refractivity contribution in [3.63, 3.8) is 0 Å². The molecule has 0 radical (unpaired) electrons. The number of benzene rings is 2. The van der Waals surface area contributed by atoms with Crippen molar-refractivity contribution in [3.05, 3.63) is 69.3 Å². The molecule has 0 unspecified atom stereocenters. The second kappa shape index (κ2) is 7.82. The van der Waals surface area contributed by atoms with Gasteiger partial charge in [0.15, 0.2) is 0 Å². The lowest BCUT2D eigenvalue weighted by atomic mass is 10.1. The van der Waals surface area contributed by atoms with Crippen molar-refractivity contribution in [1.29, 1.82) is 0 Å². The van der Waals surface area contributed by atoms with E-state index in [2.05, 4.69) is 0 Å². The monoisotopic (exact) mass is 462 g/mol. The normalized spacial score (nSPS) is 18.4. The molecule has 152 valence electrons. The van der Waals surface area contributed by atoms with Crippen molar-refractivity contribution in [1.82, 2.24) is 4.90 Å². The number of aliphatic carboxylic acids is 1. The Morgan fingerprint density at radius 2 is 1.87 bits per heavy atom. The predicted molar refractivity (Wildman–Crippen MR) is 115 cm³/mol. The van der Waals surface area contributed by atoms with Gasteiger partial charge in [0.2, 0.25) is 0 Å². The molecule has 1 saturated heterocycles. The Hall–Kier alpha value is -2.75. The average Bonchev–Trinajstić information content (AvgIpc) is 3.11. The topological polar surface area (TPSA) is 77.9 Å². The summed E-state index contributed by atoms with van der Waals surface area (Å²) in [4.78, 5) is 39.7. The van der Waals surface area contributed by atoms with Crippen molar-refractivity contribution in [2.24, 2.45) is 0 Å². The summed E-state index contributed by atoms with van der Waals surface area (Å²) in [6.45, 7) is -0.500. The van der Waals surface area contributed by atoms with E-state index in [0.717, 1.165) is 16.7 Å². The lowest BCUT2D eigenvalue weighted by molar-refractivity contribution is -0.140. The maximum absolute atomic E-state index is 13.4. The number of thiocarbonyl (C=S) groups is 1. The van der Waals surface area contributed by atoms with Crippen LogP contribution in [0.15, 0.2) is 47.4 Å². The maximum Gasteiger partial charge on any atom is 0.323 e. The SMILES string of the molecule is O=C(O)CN1C(=O)C(=C2C(=O)N(Cc3ccc(F)cc3Cl)c3ccccc32)SC1=S. The lowest BCUT2D eigenvalue weighted by Crippen LogP contribution is -2.33. The van der Waals surface area contributed by atoms with Gasteiger partial charge in [-0.15, -0.1) is 0 Å². The Balaban J connectivity index is 1.77. The third-order valence-electron chi connectivity index (χ3n) is 4.64. The molecule has 0 saturated carbocycles. The maximum atomic E-state index is 13.4. The first-order valence-electron chi connectivity index (χ1n) is 8.63. The van der Waals surface area contributed by atoms with E-state index in [4.69, 9.17) is 28.9 Å². The second-order valence-electron chi connectivity index (χ2n) is 6.50. The third kappa shape index (κ3) is 3.49. The summed E-state index contributed by atoms with van der Waals surface area (Å²) in [5.41, 5.74) is 1.81. The van der Waals surface area contributed by atoms with E-state index in [9.17, 15) is 18.8 Å². The van der Waals surface area contributed by atoms with Crippen LogP contribution in [0.2, 0.25) is 5.02 Å². The van der Waals surface area contributed by atoms with Gasteiger partial charge in [-0.3, -0.25) is 19.3 Å². The zero-order valence-corrected chi connectivity index (χ0v) is 17.5. The summed E-state index contributed by atoms with van der Waals surface area (Å²) in [6, 6.07) is 10.8. The molecule has 4 rings (SSSR count). The summed E-state index contributed by atoms with van der Waals surface area (Å²) in [5, 5.41) is 9.21. The van der Waals surface area contributed by atoms with Crippen LogP contribution in [0.4, 0.5) is 10.1 Å². The standard InChI is InChI=1S/C20H12ClFN2O4S2/c21-13-7-11(22)6-5-10(13)8-23-14-4-2-1-3-12(14)16(18(23)27)17-19(28)24(9-15(25)26)20(29)30-17/h1-7H,8-9H2,(H,25,26). The molecule has 2 aliphatic heterocycles. The van der Waals surface area contributed by atoms with Gasteiger partial charge in [0, 0.05) is 10.6 Å². The molecule has 0 aliphatic carbocycles. The zero-order chi connectivity index (χ0) is 21.6. The van der Waals surface area contributed by atoms with E-state index in [0.29, 0.717) is 16.8 Å². The van der Waals surface area contributed by atoms with E-state index >= 15 is 0 Å². The summed E-state index contributed by atoms with van der Waals surface area (Å²) in [5.74, 6) is -2.75. The highest BCUT2D eigenvalue weighted by Crippen LogP contribution is 2.45. The number of carboxylic acid groups (broad SMARTS) is 1.